The lowest BCUT2D eigenvalue weighted by atomic mass is 9.85. The first-order valence-corrected chi connectivity index (χ1v) is 7.31. The Labute approximate surface area is 117 Å². The summed E-state index contributed by atoms with van der Waals surface area (Å²) in [6.45, 7) is 1.01. The number of benzene rings is 1. The number of imidazole rings is 1. The molecule has 0 radical (unpaired) electrons. The van der Waals surface area contributed by atoms with Gasteiger partial charge in [0.1, 0.15) is 17.4 Å². The minimum Gasteiger partial charge on any atom is -0.328 e. The zero-order valence-electron chi connectivity index (χ0n) is 10.8. The summed E-state index contributed by atoms with van der Waals surface area (Å²) in [5, 5.41) is 9.18. The van der Waals surface area contributed by atoms with E-state index in [1.54, 1.807) is 0 Å². The van der Waals surface area contributed by atoms with E-state index in [4.69, 9.17) is 11.6 Å². The van der Waals surface area contributed by atoms with Gasteiger partial charge in [-0.25, -0.2) is 4.98 Å². The van der Waals surface area contributed by atoms with Gasteiger partial charge in [0.05, 0.1) is 11.1 Å². The lowest BCUT2D eigenvalue weighted by Crippen LogP contribution is -2.19. The predicted octanol–water partition coefficient (Wildman–Crippen LogP) is 3.49. The molecule has 1 aliphatic rings. The van der Waals surface area contributed by atoms with Crippen LogP contribution in [0.4, 0.5) is 0 Å². The van der Waals surface area contributed by atoms with Crippen molar-refractivity contribution in [2.75, 3.05) is 5.88 Å². The molecule has 0 amide bonds. The molecule has 0 spiro atoms. The topological polar surface area (TPSA) is 41.6 Å². The minimum atomic E-state index is 0.565. The third-order valence-corrected chi connectivity index (χ3v) is 4.15. The quantitative estimate of drug-likeness (QED) is 0.800. The molecule has 0 unspecified atom stereocenters. The maximum Gasteiger partial charge on any atom is 0.111 e. The zero-order valence-corrected chi connectivity index (χ0v) is 11.5. The second kappa shape index (κ2) is 5.22. The number of halogens is 1. The highest BCUT2D eigenvalue weighted by Gasteiger charge is 2.21. The van der Waals surface area contributed by atoms with Gasteiger partial charge in [0.25, 0.3) is 0 Å². The van der Waals surface area contributed by atoms with Gasteiger partial charge in [-0.2, -0.15) is 5.26 Å². The fourth-order valence-corrected chi connectivity index (χ4v) is 2.87. The van der Waals surface area contributed by atoms with E-state index in [9.17, 15) is 5.26 Å². The van der Waals surface area contributed by atoms with Gasteiger partial charge in [-0.1, -0.05) is 12.5 Å². The summed E-state index contributed by atoms with van der Waals surface area (Å²) in [7, 11) is 0. The van der Waals surface area contributed by atoms with Gasteiger partial charge in [0, 0.05) is 18.8 Å². The largest absolute Gasteiger partial charge is 0.328 e. The van der Waals surface area contributed by atoms with Crippen LogP contribution in [0, 0.1) is 17.2 Å². The lowest BCUT2D eigenvalue weighted by molar-refractivity contribution is 0.277. The first-order valence-electron chi connectivity index (χ1n) is 6.77. The van der Waals surface area contributed by atoms with E-state index in [0.717, 1.165) is 35.7 Å². The Hall–Kier alpha value is -1.53. The molecule has 3 nitrogen and oxygen atoms in total. The molecule has 0 aliphatic heterocycles. The van der Waals surface area contributed by atoms with Crippen LogP contribution in [0.25, 0.3) is 11.0 Å². The number of para-hydroxylation sites is 1. The average molecular weight is 274 g/mol. The number of aryl methyl sites for hydroxylation is 1. The van der Waals surface area contributed by atoms with Gasteiger partial charge >= 0.3 is 0 Å². The molecule has 4 heteroatoms. The fraction of sp³-hybridized carbons (Fsp3) is 0.467. The maximum atomic E-state index is 9.18. The highest BCUT2D eigenvalue weighted by atomic mass is 35.5. The molecule has 0 N–H and O–H groups in total. The summed E-state index contributed by atoms with van der Waals surface area (Å²) in [5.74, 6) is 2.34. The van der Waals surface area contributed by atoms with Crippen LogP contribution in [-0.2, 0) is 13.0 Å². The Morgan fingerprint density at radius 3 is 2.89 bits per heavy atom. The molecule has 1 aromatic heterocycles. The summed E-state index contributed by atoms with van der Waals surface area (Å²) in [5.41, 5.74) is 2.55. The van der Waals surface area contributed by atoms with Crippen molar-refractivity contribution in [2.45, 2.75) is 32.2 Å². The summed E-state index contributed by atoms with van der Waals surface area (Å²) in [6, 6.07) is 8.04. The predicted molar refractivity (Wildman–Crippen MR) is 76.2 cm³/mol. The Kier molecular flexibility index (Phi) is 3.44. The van der Waals surface area contributed by atoms with Gasteiger partial charge in [0.2, 0.25) is 0 Å². The zero-order chi connectivity index (χ0) is 13.2. The molecule has 98 valence electrons. The summed E-state index contributed by atoms with van der Waals surface area (Å²) >= 11 is 5.88. The number of rotatable bonds is 4. The van der Waals surface area contributed by atoms with E-state index >= 15 is 0 Å². The molecule has 1 heterocycles. The van der Waals surface area contributed by atoms with E-state index < -0.39 is 0 Å². The molecule has 1 saturated carbocycles. The number of hydrogen-bond acceptors (Lipinski definition) is 2. The number of hydrogen-bond donors (Lipinski definition) is 0. The van der Waals surface area contributed by atoms with Crippen molar-refractivity contribution in [3.63, 3.8) is 0 Å². The number of alkyl halides is 1. The Morgan fingerprint density at radius 2 is 2.26 bits per heavy atom. The van der Waals surface area contributed by atoms with Crippen molar-refractivity contribution in [1.29, 1.82) is 5.26 Å². The van der Waals surface area contributed by atoms with Crippen molar-refractivity contribution >= 4 is 22.6 Å². The van der Waals surface area contributed by atoms with Gasteiger partial charge in [-0.15, -0.1) is 11.6 Å². The molecule has 0 bridgehead atoms. The second-order valence-corrected chi connectivity index (χ2v) is 5.54. The van der Waals surface area contributed by atoms with E-state index in [-0.39, 0.29) is 0 Å². The smallest absolute Gasteiger partial charge is 0.111 e. The van der Waals surface area contributed by atoms with Crippen LogP contribution in [0.15, 0.2) is 18.2 Å². The number of nitriles is 1. The van der Waals surface area contributed by atoms with Gasteiger partial charge < -0.3 is 4.57 Å². The molecule has 19 heavy (non-hydrogen) atoms. The number of fused-ring (bicyclic) bond motifs is 1. The van der Waals surface area contributed by atoms with E-state index in [2.05, 4.69) is 21.7 Å². The van der Waals surface area contributed by atoms with Crippen molar-refractivity contribution in [1.82, 2.24) is 9.55 Å². The molecular formula is C15H16ClN3. The molecule has 1 aromatic carbocycles. The average Bonchev–Trinajstić information content (AvgIpc) is 2.72. The summed E-state index contributed by atoms with van der Waals surface area (Å²) < 4.78 is 2.27. The third-order valence-electron chi connectivity index (χ3n) is 3.96. The van der Waals surface area contributed by atoms with Crippen molar-refractivity contribution in [3.8, 4) is 6.07 Å². The maximum absolute atomic E-state index is 9.18. The van der Waals surface area contributed by atoms with Crippen molar-refractivity contribution in [3.05, 3.63) is 29.6 Å². The molecule has 1 aliphatic carbocycles. The molecule has 3 rings (SSSR count). The molecule has 2 aromatic rings. The second-order valence-electron chi connectivity index (χ2n) is 5.16. The van der Waals surface area contributed by atoms with Gasteiger partial charge in [-0.3, -0.25) is 0 Å². The van der Waals surface area contributed by atoms with Crippen LogP contribution in [0.3, 0.4) is 0 Å². The van der Waals surface area contributed by atoms with E-state index in [1.165, 1.54) is 19.3 Å². The van der Waals surface area contributed by atoms with E-state index in [0.29, 0.717) is 11.4 Å². The number of aromatic nitrogens is 2. The highest BCUT2D eigenvalue weighted by Crippen LogP contribution is 2.30. The third kappa shape index (κ3) is 2.21. The van der Waals surface area contributed by atoms with Gasteiger partial charge in [0.15, 0.2) is 0 Å². The Bertz CT molecular complexity index is 635. The molecule has 1 fully saturated rings. The fourth-order valence-electron chi connectivity index (χ4n) is 2.70. The van der Waals surface area contributed by atoms with Crippen molar-refractivity contribution < 1.29 is 0 Å². The normalized spacial score (nSPS) is 15.4. The van der Waals surface area contributed by atoms with Gasteiger partial charge in [-0.05, 0) is 30.9 Å². The van der Waals surface area contributed by atoms with Crippen molar-refractivity contribution in [2.24, 2.45) is 5.92 Å². The van der Waals surface area contributed by atoms with Crippen LogP contribution < -0.4 is 0 Å². The van der Waals surface area contributed by atoms with Crippen LogP contribution in [0.1, 0.15) is 30.7 Å². The minimum absolute atomic E-state index is 0.565. The van der Waals surface area contributed by atoms with Crippen LogP contribution in [-0.4, -0.2) is 15.4 Å². The summed E-state index contributed by atoms with van der Waals surface area (Å²) in [6.07, 6.45) is 4.70. The molecular weight excluding hydrogens is 258 g/mol. The van der Waals surface area contributed by atoms with Crippen LogP contribution in [0.2, 0.25) is 0 Å². The lowest BCUT2D eigenvalue weighted by Gasteiger charge is -2.26. The first kappa shape index (κ1) is 12.5. The Morgan fingerprint density at radius 1 is 1.42 bits per heavy atom. The highest BCUT2D eigenvalue weighted by molar-refractivity contribution is 6.17. The molecule has 0 saturated heterocycles. The molecule has 0 atom stereocenters. The Balaban J connectivity index is 2.09. The van der Waals surface area contributed by atoms with Crippen LogP contribution >= 0.6 is 11.6 Å². The van der Waals surface area contributed by atoms with E-state index in [1.807, 2.05) is 12.1 Å². The SMILES string of the molecule is N#Cc1cccc2c1nc(CCCl)n2CC1CCC1. The van der Waals surface area contributed by atoms with Crippen LogP contribution in [0.5, 0.6) is 0 Å². The number of nitrogens with zero attached hydrogens (tertiary/aromatic N) is 3. The summed E-state index contributed by atoms with van der Waals surface area (Å²) in [4.78, 5) is 4.64. The first-order chi connectivity index (χ1) is 9.33. The monoisotopic (exact) mass is 273 g/mol. The standard InChI is InChI=1S/C15H16ClN3/c16-8-7-14-18-15-12(9-17)5-2-6-13(15)19(14)10-11-3-1-4-11/h2,5-6,11H,1,3-4,7-8,10H2.